The van der Waals surface area contributed by atoms with Crippen molar-refractivity contribution in [1.29, 1.82) is 0 Å². The topological polar surface area (TPSA) is 0 Å². The van der Waals surface area contributed by atoms with E-state index in [0.29, 0.717) is 0 Å². The molecule has 0 bridgehead atoms. The molecule has 5 rings (SSSR count). The molecule has 0 saturated carbocycles. The Labute approximate surface area is 215 Å². The molecule has 0 aliphatic rings. The van der Waals surface area contributed by atoms with Crippen LogP contribution in [0, 0.1) is 0 Å². The van der Waals surface area contributed by atoms with E-state index >= 15 is 26.3 Å². The van der Waals surface area contributed by atoms with E-state index in [4.69, 9.17) is 0 Å². The smallest absolute Gasteiger partial charge is 0.166 e. The predicted octanol–water partition coefficient (Wildman–Crippen LogP) is 10.4. The molecule has 6 heteroatoms. The molecule has 0 radical (unpaired) electrons. The zero-order valence-corrected chi connectivity index (χ0v) is 19.8. The molecule has 0 atom stereocenters. The summed E-state index contributed by atoms with van der Waals surface area (Å²) in [5, 5.41) is 0. The second-order valence-corrected chi connectivity index (χ2v) is 8.71. The third-order valence-electron chi connectivity index (χ3n) is 6.32. The fraction of sp³-hybridized carbons (Fsp3) is 0.0625. The van der Waals surface area contributed by atoms with Gasteiger partial charge in [-0.25, -0.2) is 0 Å². The second-order valence-electron chi connectivity index (χ2n) is 8.71. The number of hydrogen-bond donors (Lipinski definition) is 0. The average molecular weight is 519 g/mol. The van der Waals surface area contributed by atoms with Gasteiger partial charge in [0.15, 0.2) is 0 Å². The van der Waals surface area contributed by atoms with Gasteiger partial charge in [-0.05, 0) is 27.8 Å². The van der Waals surface area contributed by atoms with Crippen molar-refractivity contribution in [3.63, 3.8) is 0 Å². The Balaban J connectivity index is 2.16. The Morgan fingerprint density at radius 2 is 0.526 bits per heavy atom. The normalized spacial score (nSPS) is 11.9. The third kappa shape index (κ3) is 4.70. The Bertz CT molecular complexity index is 1460. The lowest BCUT2D eigenvalue weighted by Gasteiger charge is -2.29. The highest BCUT2D eigenvalue weighted by molar-refractivity contribution is 6.02. The van der Waals surface area contributed by atoms with Crippen molar-refractivity contribution in [1.82, 2.24) is 0 Å². The van der Waals surface area contributed by atoms with Crippen LogP contribution in [0.5, 0.6) is 0 Å². The molecule has 0 spiro atoms. The Hall–Kier alpha value is -4.32. The predicted molar refractivity (Wildman–Crippen MR) is 138 cm³/mol. The van der Waals surface area contributed by atoms with Gasteiger partial charge in [-0.3, -0.25) is 0 Å². The van der Waals surface area contributed by atoms with Crippen molar-refractivity contribution >= 4 is 0 Å². The molecule has 0 nitrogen and oxygen atoms in total. The van der Waals surface area contributed by atoms with Crippen LogP contribution in [0.25, 0.3) is 44.5 Å². The highest BCUT2D eigenvalue weighted by atomic mass is 19.4. The van der Waals surface area contributed by atoms with Gasteiger partial charge in [-0.15, -0.1) is 0 Å². The monoisotopic (exact) mass is 518 g/mol. The van der Waals surface area contributed by atoms with Crippen molar-refractivity contribution in [2.45, 2.75) is 12.4 Å². The summed E-state index contributed by atoms with van der Waals surface area (Å²) in [5.41, 5.74) is -3.82. The number of rotatable bonds is 4. The largest absolute Gasteiger partial charge is 0.417 e. The molecule has 0 aliphatic carbocycles. The fourth-order valence-corrected chi connectivity index (χ4v) is 4.89. The van der Waals surface area contributed by atoms with E-state index in [0.717, 1.165) is 0 Å². The lowest BCUT2D eigenvalue weighted by Crippen LogP contribution is -2.19. The van der Waals surface area contributed by atoms with E-state index in [1.807, 2.05) is 0 Å². The summed E-state index contributed by atoms with van der Waals surface area (Å²) in [6, 6.07) is 30.5. The number of alkyl halides is 6. The number of benzene rings is 5. The van der Waals surface area contributed by atoms with E-state index in [-0.39, 0.29) is 38.9 Å². The maximum atomic E-state index is 15.1. The Morgan fingerprint density at radius 1 is 0.289 bits per heavy atom. The highest BCUT2D eigenvalue weighted by Gasteiger charge is 2.47. The maximum absolute atomic E-state index is 15.1. The van der Waals surface area contributed by atoms with Gasteiger partial charge in [0.1, 0.15) is 0 Å². The molecule has 0 aliphatic heterocycles. The standard InChI is InChI=1S/C32H20F6/c33-31(34,35)29-26(22-15-7-2-8-16-22)25(21-13-5-1-6-14-21)27(23-17-9-3-10-18-23)30(32(36,37)38)28(29)24-19-11-4-12-20-24/h1-20H. The summed E-state index contributed by atoms with van der Waals surface area (Å²) >= 11 is 0. The van der Waals surface area contributed by atoms with Crippen LogP contribution in [0.4, 0.5) is 26.3 Å². The van der Waals surface area contributed by atoms with E-state index in [9.17, 15) is 0 Å². The van der Waals surface area contributed by atoms with Gasteiger partial charge >= 0.3 is 12.4 Å². The van der Waals surface area contributed by atoms with E-state index in [2.05, 4.69) is 0 Å². The molecule has 0 saturated heterocycles. The molecule has 0 fully saturated rings. The van der Waals surface area contributed by atoms with Gasteiger partial charge in [0.05, 0.1) is 11.1 Å². The van der Waals surface area contributed by atoms with Crippen molar-refractivity contribution in [3.8, 4) is 44.5 Å². The van der Waals surface area contributed by atoms with E-state index in [1.54, 1.807) is 60.7 Å². The molecule has 0 aromatic heterocycles. The summed E-state index contributed by atoms with van der Waals surface area (Å²) < 4.78 is 90.7. The van der Waals surface area contributed by atoms with Gasteiger partial charge in [-0.1, -0.05) is 121 Å². The summed E-state index contributed by atoms with van der Waals surface area (Å²) in [5.74, 6) is 0. The van der Waals surface area contributed by atoms with Crippen LogP contribution in [0.15, 0.2) is 121 Å². The minimum absolute atomic E-state index is 0.123. The van der Waals surface area contributed by atoms with Crippen LogP contribution in [-0.4, -0.2) is 0 Å². The van der Waals surface area contributed by atoms with E-state index < -0.39 is 29.0 Å². The average Bonchev–Trinajstić information content (AvgIpc) is 2.92. The molecule has 0 amide bonds. The first-order valence-corrected chi connectivity index (χ1v) is 11.8. The fourth-order valence-electron chi connectivity index (χ4n) is 4.89. The first kappa shape index (κ1) is 25.3. The molecule has 38 heavy (non-hydrogen) atoms. The molecule has 5 aromatic rings. The van der Waals surface area contributed by atoms with Crippen LogP contribution >= 0.6 is 0 Å². The molecular formula is C32H20F6. The molecule has 0 N–H and O–H groups in total. The van der Waals surface area contributed by atoms with Crippen molar-refractivity contribution in [2.75, 3.05) is 0 Å². The number of hydrogen-bond acceptors (Lipinski definition) is 0. The van der Waals surface area contributed by atoms with Crippen LogP contribution < -0.4 is 0 Å². The van der Waals surface area contributed by atoms with Crippen LogP contribution in [0.2, 0.25) is 0 Å². The zero-order chi connectivity index (χ0) is 26.9. The number of halogens is 6. The Kier molecular flexibility index (Phi) is 6.57. The minimum Gasteiger partial charge on any atom is -0.166 e. The van der Waals surface area contributed by atoms with Gasteiger partial charge in [0.2, 0.25) is 0 Å². The molecule has 0 heterocycles. The Morgan fingerprint density at radius 3 is 0.789 bits per heavy atom. The summed E-state index contributed by atoms with van der Waals surface area (Å²) in [7, 11) is 0. The SMILES string of the molecule is FC(F)(F)c1c(-c2ccccc2)c(-c2ccccc2)c(-c2ccccc2)c(C(F)(F)F)c1-c1ccccc1. The molecule has 5 aromatic carbocycles. The summed E-state index contributed by atoms with van der Waals surface area (Å²) in [6.45, 7) is 0. The van der Waals surface area contributed by atoms with E-state index in [1.165, 1.54) is 60.7 Å². The van der Waals surface area contributed by atoms with Crippen molar-refractivity contribution in [3.05, 3.63) is 132 Å². The zero-order valence-electron chi connectivity index (χ0n) is 19.8. The molecule has 0 unspecified atom stereocenters. The summed E-state index contributed by atoms with van der Waals surface area (Å²) in [4.78, 5) is 0. The quantitative estimate of drug-likeness (QED) is 0.208. The third-order valence-corrected chi connectivity index (χ3v) is 6.32. The van der Waals surface area contributed by atoms with Gasteiger partial charge in [0, 0.05) is 16.7 Å². The highest BCUT2D eigenvalue weighted by Crippen LogP contribution is 2.56. The first-order valence-electron chi connectivity index (χ1n) is 11.8. The van der Waals surface area contributed by atoms with Gasteiger partial charge in [0.25, 0.3) is 0 Å². The summed E-state index contributed by atoms with van der Waals surface area (Å²) in [6.07, 6.45) is -10.2. The second kappa shape index (κ2) is 9.86. The minimum atomic E-state index is -5.10. The molecule has 190 valence electrons. The van der Waals surface area contributed by atoms with Crippen LogP contribution in [-0.2, 0) is 12.4 Å². The van der Waals surface area contributed by atoms with Crippen molar-refractivity contribution in [2.24, 2.45) is 0 Å². The lowest BCUT2D eigenvalue weighted by atomic mass is 9.77. The maximum Gasteiger partial charge on any atom is 0.417 e. The molecular weight excluding hydrogens is 498 g/mol. The van der Waals surface area contributed by atoms with Crippen LogP contribution in [0.1, 0.15) is 11.1 Å². The lowest BCUT2D eigenvalue weighted by molar-refractivity contribution is -0.141. The van der Waals surface area contributed by atoms with Gasteiger partial charge < -0.3 is 0 Å². The first-order chi connectivity index (χ1) is 18.2. The van der Waals surface area contributed by atoms with Crippen LogP contribution in [0.3, 0.4) is 0 Å². The van der Waals surface area contributed by atoms with Gasteiger partial charge in [-0.2, -0.15) is 26.3 Å². The van der Waals surface area contributed by atoms with Crippen molar-refractivity contribution < 1.29 is 26.3 Å².